The van der Waals surface area contributed by atoms with Crippen LogP contribution in [-0.2, 0) is 25.6 Å². The summed E-state index contributed by atoms with van der Waals surface area (Å²) in [6.45, 7) is 0.396. The Bertz CT molecular complexity index is 881. The third-order valence-corrected chi connectivity index (χ3v) is 4.59. The molecule has 144 valence electrons. The monoisotopic (exact) mass is 376 g/mol. The number of hydrogen-bond donors (Lipinski definition) is 0. The van der Waals surface area contributed by atoms with Gasteiger partial charge in [0.1, 0.15) is 5.76 Å². The van der Waals surface area contributed by atoms with E-state index in [9.17, 15) is 4.79 Å². The van der Waals surface area contributed by atoms with Gasteiger partial charge < -0.3 is 14.2 Å². The fraction of sp³-hybridized carbons (Fsp3) is 0.208. The Kier molecular flexibility index (Phi) is 6.58. The zero-order valence-electron chi connectivity index (χ0n) is 16.1. The molecule has 3 rings (SSSR count). The van der Waals surface area contributed by atoms with Gasteiger partial charge in [-0.1, -0.05) is 72.8 Å². The molecule has 4 heteroatoms. The van der Waals surface area contributed by atoms with Crippen molar-refractivity contribution in [2.24, 2.45) is 0 Å². The van der Waals surface area contributed by atoms with Crippen LogP contribution in [0.5, 0.6) is 0 Å². The van der Waals surface area contributed by atoms with Crippen molar-refractivity contribution in [3.63, 3.8) is 0 Å². The van der Waals surface area contributed by atoms with E-state index in [2.05, 4.69) is 0 Å². The van der Waals surface area contributed by atoms with Crippen molar-refractivity contribution in [2.45, 2.75) is 18.8 Å². The average Bonchev–Trinajstić information content (AvgIpc) is 2.77. The van der Waals surface area contributed by atoms with Crippen LogP contribution in [0.2, 0.25) is 0 Å². The SMILES string of the molecule is COC1=CC(OC)(OCc2ccccc2)CC=C1C(=O)C=Cc1ccccc1. The van der Waals surface area contributed by atoms with Crippen LogP contribution >= 0.6 is 0 Å². The standard InChI is InChI=1S/C24H24O4/c1-26-23-17-24(27-2,28-18-20-11-7-4-8-12-20)16-15-21(23)22(25)14-13-19-9-5-3-6-10-19/h3-15,17H,16,18H2,1-2H3. The van der Waals surface area contributed by atoms with Gasteiger partial charge in [-0.15, -0.1) is 0 Å². The first-order valence-electron chi connectivity index (χ1n) is 9.14. The average molecular weight is 376 g/mol. The summed E-state index contributed by atoms with van der Waals surface area (Å²) in [5.74, 6) is -0.637. The first-order valence-corrected chi connectivity index (χ1v) is 9.14. The van der Waals surface area contributed by atoms with Gasteiger partial charge in [0.2, 0.25) is 0 Å². The zero-order valence-corrected chi connectivity index (χ0v) is 16.1. The van der Waals surface area contributed by atoms with Crippen molar-refractivity contribution in [3.8, 4) is 0 Å². The van der Waals surface area contributed by atoms with E-state index in [4.69, 9.17) is 14.2 Å². The van der Waals surface area contributed by atoms with Gasteiger partial charge in [-0.2, -0.15) is 0 Å². The molecule has 0 N–H and O–H groups in total. The lowest BCUT2D eigenvalue weighted by Gasteiger charge is -2.32. The van der Waals surface area contributed by atoms with Crippen molar-refractivity contribution in [3.05, 3.63) is 101 Å². The first kappa shape index (κ1) is 19.8. The van der Waals surface area contributed by atoms with Crippen LogP contribution < -0.4 is 0 Å². The number of methoxy groups -OCH3 is 2. The van der Waals surface area contributed by atoms with Crippen LogP contribution in [0.4, 0.5) is 0 Å². The van der Waals surface area contributed by atoms with Gasteiger partial charge in [0.05, 0.1) is 19.3 Å². The van der Waals surface area contributed by atoms with Crippen LogP contribution in [-0.4, -0.2) is 25.8 Å². The van der Waals surface area contributed by atoms with Gasteiger partial charge >= 0.3 is 0 Å². The third-order valence-electron chi connectivity index (χ3n) is 4.59. The summed E-state index contributed by atoms with van der Waals surface area (Å²) in [6, 6.07) is 19.6. The lowest BCUT2D eigenvalue weighted by atomic mass is 9.96. The van der Waals surface area contributed by atoms with Crippen molar-refractivity contribution >= 4 is 11.9 Å². The lowest BCUT2D eigenvalue weighted by Crippen LogP contribution is -2.35. The lowest BCUT2D eigenvalue weighted by molar-refractivity contribution is -0.195. The van der Waals surface area contributed by atoms with E-state index in [1.54, 1.807) is 25.3 Å². The molecule has 0 aliphatic heterocycles. The van der Waals surface area contributed by atoms with Crippen LogP contribution in [0.15, 0.2) is 90.2 Å². The zero-order chi connectivity index (χ0) is 19.8. The molecule has 0 heterocycles. The molecule has 2 aromatic carbocycles. The summed E-state index contributed by atoms with van der Waals surface area (Å²) in [5.41, 5.74) is 2.52. The van der Waals surface area contributed by atoms with Crippen molar-refractivity contribution in [1.82, 2.24) is 0 Å². The van der Waals surface area contributed by atoms with Gasteiger partial charge in [-0.25, -0.2) is 0 Å². The second-order valence-electron chi connectivity index (χ2n) is 6.43. The Balaban J connectivity index is 1.73. The maximum Gasteiger partial charge on any atom is 0.195 e. The van der Waals surface area contributed by atoms with Crippen molar-refractivity contribution in [2.75, 3.05) is 14.2 Å². The highest BCUT2D eigenvalue weighted by molar-refractivity contribution is 6.09. The maximum atomic E-state index is 12.7. The Morgan fingerprint density at radius 3 is 2.36 bits per heavy atom. The summed E-state index contributed by atoms with van der Waals surface area (Å²) >= 11 is 0. The molecular weight excluding hydrogens is 352 g/mol. The topological polar surface area (TPSA) is 44.8 Å². The summed E-state index contributed by atoms with van der Waals surface area (Å²) < 4.78 is 17.1. The molecule has 0 bridgehead atoms. The summed E-state index contributed by atoms with van der Waals surface area (Å²) in [7, 11) is 3.13. The molecule has 0 spiro atoms. The smallest absolute Gasteiger partial charge is 0.195 e. The minimum Gasteiger partial charge on any atom is -0.496 e. The fourth-order valence-corrected chi connectivity index (χ4v) is 2.98. The highest BCUT2D eigenvalue weighted by atomic mass is 16.7. The number of carbonyl (C=O) groups excluding carboxylic acids is 1. The van der Waals surface area contributed by atoms with Gasteiger partial charge in [-0.05, 0) is 17.2 Å². The molecule has 4 nitrogen and oxygen atoms in total. The predicted octanol–water partition coefficient (Wildman–Crippen LogP) is 4.69. The molecular formula is C24H24O4. The van der Waals surface area contributed by atoms with Gasteiger partial charge in [-0.3, -0.25) is 4.79 Å². The van der Waals surface area contributed by atoms with Gasteiger partial charge in [0, 0.05) is 19.6 Å². The van der Waals surface area contributed by atoms with E-state index in [1.807, 2.05) is 66.7 Å². The molecule has 2 aromatic rings. The number of hydrogen-bond acceptors (Lipinski definition) is 4. The highest BCUT2D eigenvalue weighted by Gasteiger charge is 2.34. The number of ether oxygens (including phenoxy) is 3. The molecule has 0 fully saturated rings. The minimum atomic E-state index is -0.964. The van der Waals surface area contributed by atoms with E-state index in [-0.39, 0.29) is 5.78 Å². The molecule has 0 saturated carbocycles. The van der Waals surface area contributed by atoms with Crippen molar-refractivity contribution < 1.29 is 19.0 Å². The fourth-order valence-electron chi connectivity index (χ4n) is 2.98. The molecule has 1 aliphatic rings. The van der Waals surface area contributed by atoms with E-state index in [0.717, 1.165) is 11.1 Å². The molecule has 0 amide bonds. The number of ketones is 1. The molecule has 1 unspecified atom stereocenters. The maximum absolute atomic E-state index is 12.7. The summed E-state index contributed by atoms with van der Waals surface area (Å²) in [6.07, 6.45) is 7.31. The Morgan fingerprint density at radius 1 is 1.04 bits per heavy atom. The molecule has 0 aromatic heterocycles. The predicted molar refractivity (Wildman–Crippen MR) is 109 cm³/mol. The second kappa shape index (κ2) is 9.31. The first-order chi connectivity index (χ1) is 13.7. The van der Waals surface area contributed by atoms with Crippen molar-refractivity contribution in [1.29, 1.82) is 0 Å². The van der Waals surface area contributed by atoms with Gasteiger partial charge in [0.25, 0.3) is 0 Å². The highest BCUT2D eigenvalue weighted by Crippen LogP contribution is 2.32. The normalized spacial score (nSPS) is 19.2. The largest absolute Gasteiger partial charge is 0.496 e. The minimum absolute atomic E-state index is 0.121. The number of benzene rings is 2. The van der Waals surface area contributed by atoms with E-state index in [1.165, 1.54) is 7.11 Å². The number of allylic oxidation sites excluding steroid dienone is 2. The summed E-state index contributed by atoms with van der Waals surface area (Å²) in [4.78, 5) is 12.7. The molecule has 0 saturated heterocycles. The molecule has 1 aliphatic carbocycles. The second-order valence-corrected chi connectivity index (χ2v) is 6.43. The van der Waals surface area contributed by atoms with Crippen LogP contribution in [0.25, 0.3) is 6.08 Å². The third kappa shape index (κ3) is 4.85. The van der Waals surface area contributed by atoms with Crippen LogP contribution in [0.3, 0.4) is 0 Å². The number of rotatable bonds is 8. The Morgan fingerprint density at radius 2 is 1.71 bits per heavy atom. The van der Waals surface area contributed by atoms with E-state index < -0.39 is 5.79 Å². The van der Waals surface area contributed by atoms with Crippen LogP contribution in [0.1, 0.15) is 17.5 Å². The Hall–Kier alpha value is -2.95. The Labute approximate surface area is 165 Å². The van der Waals surface area contributed by atoms with Crippen LogP contribution in [0, 0.1) is 0 Å². The van der Waals surface area contributed by atoms with E-state index >= 15 is 0 Å². The quantitative estimate of drug-likeness (QED) is 0.495. The molecule has 1 atom stereocenters. The number of carbonyl (C=O) groups is 1. The van der Waals surface area contributed by atoms with Gasteiger partial charge in [0.15, 0.2) is 11.6 Å². The van der Waals surface area contributed by atoms with E-state index in [0.29, 0.717) is 24.4 Å². The summed E-state index contributed by atoms with van der Waals surface area (Å²) in [5, 5.41) is 0. The molecule has 28 heavy (non-hydrogen) atoms. The molecule has 0 radical (unpaired) electrons.